The van der Waals surface area contributed by atoms with Gasteiger partial charge in [0.2, 0.25) is 5.91 Å². The number of furan rings is 1. The Kier molecular flexibility index (Phi) is 4.11. The molecule has 2 amide bonds. The minimum Gasteiger partial charge on any atom is -0.450 e. The number of carbonyl (C=O) groups excluding carboxylic acids is 2. The van der Waals surface area contributed by atoms with Crippen molar-refractivity contribution in [2.24, 2.45) is 0 Å². The third-order valence-electron chi connectivity index (χ3n) is 4.53. The van der Waals surface area contributed by atoms with Gasteiger partial charge in [0.1, 0.15) is 11.6 Å². The van der Waals surface area contributed by atoms with E-state index in [0.717, 1.165) is 40.5 Å². The van der Waals surface area contributed by atoms with Crippen LogP contribution >= 0.6 is 0 Å². The molecule has 23 heavy (non-hydrogen) atoms. The SMILES string of the molecule is Cc1ccc(C)c2c(C)c(C(=O)N[C@H]3CCCCNC3=O)oc12. The largest absolute Gasteiger partial charge is 0.450 e. The summed E-state index contributed by atoms with van der Waals surface area (Å²) in [7, 11) is 0. The molecule has 1 aromatic heterocycles. The minimum absolute atomic E-state index is 0.114. The molecule has 1 atom stereocenters. The first kappa shape index (κ1) is 15.6. The Morgan fingerprint density at radius 1 is 1.22 bits per heavy atom. The van der Waals surface area contributed by atoms with E-state index in [1.54, 1.807) is 0 Å². The normalized spacial score (nSPS) is 18.6. The second-order valence-electron chi connectivity index (χ2n) is 6.27. The number of benzene rings is 1. The van der Waals surface area contributed by atoms with Crippen LogP contribution < -0.4 is 10.6 Å². The molecular weight excluding hydrogens is 292 g/mol. The Balaban J connectivity index is 1.92. The van der Waals surface area contributed by atoms with Crippen LogP contribution in [0.15, 0.2) is 16.5 Å². The number of nitrogens with one attached hydrogen (secondary N) is 2. The molecule has 1 aliphatic rings. The molecule has 122 valence electrons. The van der Waals surface area contributed by atoms with Crippen LogP contribution in [0.4, 0.5) is 0 Å². The van der Waals surface area contributed by atoms with Crippen LogP contribution in [0.1, 0.15) is 46.5 Å². The number of fused-ring (bicyclic) bond motifs is 1. The Labute approximate surface area is 135 Å². The zero-order valence-corrected chi connectivity index (χ0v) is 13.8. The van der Waals surface area contributed by atoms with Gasteiger partial charge in [-0.1, -0.05) is 12.1 Å². The summed E-state index contributed by atoms with van der Waals surface area (Å²) >= 11 is 0. The van der Waals surface area contributed by atoms with Gasteiger partial charge in [-0.3, -0.25) is 9.59 Å². The standard InChI is InChI=1S/C18H22N2O3/c1-10-7-8-11(2)15-14(10)12(3)16(23-15)18(22)20-13-6-4-5-9-19-17(13)21/h7-8,13H,4-6,9H2,1-3H3,(H,19,21)(H,20,22)/t13-/m0/s1. The molecule has 2 heterocycles. The number of rotatable bonds is 2. The number of aryl methyl sites for hydroxylation is 3. The van der Waals surface area contributed by atoms with E-state index in [4.69, 9.17) is 4.42 Å². The van der Waals surface area contributed by atoms with E-state index in [9.17, 15) is 9.59 Å². The molecule has 1 aliphatic heterocycles. The van der Waals surface area contributed by atoms with Gasteiger partial charge in [-0.2, -0.15) is 0 Å². The van der Waals surface area contributed by atoms with Crippen LogP contribution in [0, 0.1) is 20.8 Å². The van der Waals surface area contributed by atoms with Gasteiger partial charge in [-0.25, -0.2) is 0 Å². The molecule has 1 saturated heterocycles. The van der Waals surface area contributed by atoms with Gasteiger partial charge in [0.05, 0.1) is 0 Å². The van der Waals surface area contributed by atoms with Crippen molar-refractivity contribution in [1.82, 2.24) is 10.6 Å². The van der Waals surface area contributed by atoms with Crippen molar-refractivity contribution in [1.29, 1.82) is 0 Å². The average Bonchev–Trinajstić information content (AvgIpc) is 2.75. The molecule has 2 aromatic rings. The van der Waals surface area contributed by atoms with Gasteiger partial charge in [-0.05, 0) is 51.2 Å². The monoisotopic (exact) mass is 314 g/mol. The molecule has 5 nitrogen and oxygen atoms in total. The third kappa shape index (κ3) is 2.83. The first-order valence-corrected chi connectivity index (χ1v) is 8.07. The van der Waals surface area contributed by atoms with E-state index in [1.807, 2.05) is 32.9 Å². The predicted molar refractivity (Wildman–Crippen MR) is 88.5 cm³/mol. The second kappa shape index (κ2) is 6.07. The smallest absolute Gasteiger partial charge is 0.287 e. The molecule has 5 heteroatoms. The molecule has 2 N–H and O–H groups in total. The quantitative estimate of drug-likeness (QED) is 0.895. The van der Waals surface area contributed by atoms with Crippen LogP contribution in [-0.2, 0) is 4.79 Å². The molecule has 0 unspecified atom stereocenters. The van der Waals surface area contributed by atoms with E-state index in [2.05, 4.69) is 10.6 Å². The van der Waals surface area contributed by atoms with Gasteiger partial charge in [0, 0.05) is 17.5 Å². The highest BCUT2D eigenvalue weighted by molar-refractivity contribution is 6.02. The molecule has 1 fully saturated rings. The maximum atomic E-state index is 12.6. The van der Waals surface area contributed by atoms with Crippen LogP contribution in [0.25, 0.3) is 11.0 Å². The van der Waals surface area contributed by atoms with Crippen molar-refractivity contribution in [3.05, 3.63) is 34.6 Å². The van der Waals surface area contributed by atoms with E-state index in [0.29, 0.717) is 18.7 Å². The predicted octanol–water partition coefficient (Wildman–Crippen LogP) is 2.76. The van der Waals surface area contributed by atoms with Gasteiger partial charge in [0.25, 0.3) is 5.91 Å². The van der Waals surface area contributed by atoms with Crippen LogP contribution in [0.3, 0.4) is 0 Å². The summed E-state index contributed by atoms with van der Waals surface area (Å²) in [4.78, 5) is 24.6. The second-order valence-corrected chi connectivity index (χ2v) is 6.27. The third-order valence-corrected chi connectivity index (χ3v) is 4.53. The summed E-state index contributed by atoms with van der Waals surface area (Å²) in [6.45, 7) is 6.53. The highest BCUT2D eigenvalue weighted by Crippen LogP contribution is 2.30. The Bertz CT molecular complexity index is 776. The number of amides is 2. The Hall–Kier alpha value is -2.30. The maximum Gasteiger partial charge on any atom is 0.287 e. The fourth-order valence-electron chi connectivity index (χ4n) is 3.19. The van der Waals surface area contributed by atoms with Crippen LogP contribution in [0.2, 0.25) is 0 Å². The van der Waals surface area contributed by atoms with Crippen molar-refractivity contribution in [3.8, 4) is 0 Å². The lowest BCUT2D eigenvalue weighted by atomic mass is 10.0. The summed E-state index contributed by atoms with van der Waals surface area (Å²) in [5.74, 6) is -0.133. The number of carbonyl (C=O) groups is 2. The topological polar surface area (TPSA) is 71.3 Å². The highest BCUT2D eigenvalue weighted by Gasteiger charge is 2.26. The molecule has 0 bridgehead atoms. The van der Waals surface area contributed by atoms with Crippen molar-refractivity contribution < 1.29 is 14.0 Å². The first-order chi connectivity index (χ1) is 11.0. The van der Waals surface area contributed by atoms with Crippen LogP contribution in [0.5, 0.6) is 0 Å². The van der Waals surface area contributed by atoms with E-state index >= 15 is 0 Å². The van der Waals surface area contributed by atoms with Gasteiger partial charge in [0.15, 0.2) is 5.76 Å². The highest BCUT2D eigenvalue weighted by atomic mass is 16.3. The lowest BCUT2D eigenvalue weighted by Crippen LogP contribution is -2.45. The fourth-order valence-corrected chi connectivity index (χ4v) is 3.19. The fraction of sp³-hybridized carbons (Fsp3) is 0.444. The number of hydrogen-bond acceptors (Lipinski definition) is 3. The molecule has 0 aliphatic carbocycles. The van der Waals surface area contributed by atoms with Gasteiger partial charge in [-0.15, -0.1) is 0 Å². The zero-order chi connectivity index (χ0) is 16.6. The lowest BCUT2D eigenvalue weighted by Gasteiger charge is -2.14. The molecule has 1 aromatic carbocycles. The lowest BCUT2D eigenvalue weighted by molar-refractivity contribution is -0.122. The van der Waals surface area contributed by atoms with Crippen molar-refractivity contribution in [2.75, 3.05) is 6.54 Å². The molecule has 0 saturated carbocycles. The zero-order valence-electron chi connectivity index (χ0n) is 13.8. The van der Waals surface area contributed by atoms with E-state index < -0.39 is 6.04 Å². The summed E-state index contributed by atoms with van der Waals surface area (Å²) in [6.07, 6.45) is 2.52. The molecule has 0 spiro atoms. The Morgan fingerprint density at radius 2 is 1.96 bits per heavy atom. The average molecular weight is 314 g/mol. The van der Waals surface area contributed by atoms with Crippen LogP contribution in [-0.4, -0.2) is 24.4 Å². The van der Waals surface area contributed by atoms with E-state index in [-0.39, 0.29) is 11.8 Å². The van der Waals surface area contributed by atoms with E-state index in [1.165, 1.54) is 0 Å². The first-order valence-electron chi connectivity index (χ1n) is 8.07. The molecule has 3 rings (SSSR count). The maximum absolute atomic E-state index is 12.6. The van der Waals surface area contributed by atoms with Crippen molar-refractivity contribution >= 4 is 22.8 Å². The summed E-state index contributed by atoms with van der Waals surface area (Å²) < 4.78 is 5.84. The van der Waals surface area contributed by atoms with Gasteiger partial charge >= 0.3 is 0 Å². The summed E-state index contributed by atoms with van der Waals surface area (Å²) in [5, 5.41) is 6.63. The Morgan fingerprint density at radius 3 is 2.70 bits per heavy atom. The summed E-state index contributed by atoms with van der Waals surface area (Å²) in [6, 6.07) is 3.53. The van der Waals surface area contributed by atoms with Crippen molar-refractivity contribution in [2.45, 2.75) is 46.1 Å². The summed E-state index contributed by atoms with van der Waals surface area (Å²) in [5.41, 5.74) is 3.66. The molecular formula is C18H22N2O3. The molecule has 0 radical (unpaired) electrons. The van der Waals surface area contributed by atoms with Gasteiger partial charge < -0.3 is 15.1 Å². The number of hydrogen-bond donors (Lipinski definition) is 2. The van der Waals surface area contributed by atoms with Crippen molar-refractivity contribution in [3.63, 3.8) is 0 Å². The minimum atomic E-state index is -0.486.